The Morgan fingerprint density at radius 1 is 1.14 bits per heavy atom. The van der Waals surface area contributed by atoms with Crippen molar-refractivity contribution in [1.29, 1.82) is 0 Å². The van der Waals surface area contributed by atoms with E-state index < -0.39 is 0 Å². The summed E-state index contributed by atoms with van der Waals surface area (Å²) in [6.07, 6.45) is 4.11. The number of hydrogen-bond donors (Lipinski definition) is 1. The monoisotopic (exact) mass is 402 g/mol. The molecule has 1 fully saturated rings. The van der Waals surface area contributed by atoms with Gasteiger partial charge in [-0.3, -0.25) is 9.79 Å². The molecule has 1 amide bonds. The summed E-state index contributed by atoms with van der Waals surface area (Å²) in [6.45, 7) is 5.02. The van der Waals surface area contributed by atoms with Gasteiger partial charge in [-0.1, -0.05) is 24.3 Å². The van der Waals surface area contributed by atoms with Crippen LogP contribution in [0.5, 0.6) is 0 Å². The number of benzene rings is 1. The number of hydrogen-bond acceptors (Lipinski definition) is 4. The number of carbonyl (C=O) groups excluding carboxylic acids is 1. The molecular weight excluding hydrogens is 368 g/mol. The molecule has 0 radical (unpaired) electrons. The number of likely N-dealkylation sites (tertiary alicyclic amines) is 1. The molecule has 1 saturated heterocycles. The van der Waals surface area contributed by atoms with Crippen molar-refractivity contribution in [3.05, 3.63) is 35.4 Å². The van der Waals surface area contributed by atoms with Gasteiger partial charge >= 0.3 is 0 Å². The Hall–Kier alpha value is -2.12. The highest BCUT2D eigenvalue weighted by atomic mass is 16.5. The topological polar surface area (TPSA) is 66.4 Å². The molecule has 2 aliphatic heterocycles. The molecule has 0 unspecified atom stereocenters. The highest BCUT2D eigenvalue weighted by molar-refractivity contribution is 5.86. The zero-order valence-electron chi connectivity index (χ0n) is 17.7. The minimum Gasteiger partial charge on any atom is -0.385 e. The van der Waals surface area contributed by atoms with Crippen molar-refractivity contribution in [1.82, 2.24) is 15.1 Å². The van der Waals surface area contributed by atoms with Crippen LogP contribution in [0, 0.1) is 0 Å². The van der Waals surface area contributed by atoms with Crippen LogP contribution in [-0.2, 0) is 27.2 Å². The second kappa shape index (κ2) is 11.2. The number of carbonyl (C=O) groups is 1. The van der Waals surface area contributed by atoms with Crippen molar-refractivity contribution < 1.29 is 14.3 Å². The van der Waals surface area contributed by atoms with Gasteiger partial charge in [-0.05, 0) is 36.8 Å². The van der Waals surface area contributed by atoms with Gasteiger partial charge in [0.05, 0.1) is 12.6 Å². The van der Waals surface area contributed by atoms with E-state index in [-0.39, 0.29) is 12.5 Å². The van der Waals surface area contributed by atoms with Crippen LogP contribution in [0.25, 0.3) is 0 Å². The van der Waals surface area contributed by atoms with Crippen molar-refractivity contribution in [3.8, 4) is 0 Å². The zero-order chi connectivity index (χ0) is 20.5. The average Bonchev–Trinajstić information content (AvgIpc) is 2.77. The van der Waals surface area contributed by atoms with Crippen molar-refractivity contribution in [3.63, 3.8) is 0 Å². The number of methoxy groups -OCH3 is 1. The predicted molar refractivity (Wildman–Crippen MR) is 114 cm³/mol. The van der Waals surface area contributed by atoms with Gasteiger partial charge in [0.1, 0.15) is 0 Å². The van der Waals surface area contributed by atoms with Gasteiger partial charge < -0.3 is 24.6 Å². The number of aliphatic imine (C=N–C) groups is 1. The lowest BCUT2D eigenvalue weighted by molar-refractivity contribution is -0.130. The molecule has 1 N–H and O–H groups in total. The number of nitrogens with one attached hydrogen (secondary N) is 1. The van der Waals surface area contributed by atoms with E-state index in [4.69, 9.17) is 9.47 Å². The summed E-state index contributed by atoms with van der Waals surface area (Å²) in [4.78, 5) is 21.2. The normalized spacial score (nSPS) is 17.9. The van der Waals surface area contributed by atoms with E-state index in [0.717, 1.165) is 64.5 Å². The quantitative estimate of drug-likeness (QED) is 0.427. The van der Waals surface area contributed by atoms with Crippen molar-refractivity contribution in [2.75, 3.05) is 53.6 Å². The Kier molecular flexibility index (Phi) is 8.31. The molecule has 2 heterocycles. The first-order chi connectivity index (χ1) is 14.2. The summed E-state index contributed by atoms with van der Waals surface area (Å²) in [5.74, 6) is 0.922. The summed E-state index contributed by atoms with van der Waals surface area (Å²) in [6, 6.07) is 8.37. The van der Waals surface area contributed by atoms with E-state index in [1.807, 2.05) is 11.0 Å². The van der Waals surface area contributed by atoms with Gasteiger partial charge in [0.25, 0.3) is 0 Å². The number of amides is 1. The van der Waals surface area contributed by atoms with E-state index in [1.54, 1.807) is 14.2 Å². The van der Waals surface area contributed by atoms with Crippen LogP contribution in [0.4, 0.5) is 0 Å². The highest BCUT2D eigenvalue weighted by Gasteiger charge is 2.24. The van der Waals surface area contributed by atoms with Crippen LogP contribution < -0.4 is 5.32 Å². The van der Waals surface area contributed by atoms with Crippen LogP contribution in [0.2, 0.25) is 0 Å². The Labute approximate surface area is 174 Å². The lowest BCUT2D eigenvalue weighted by Gasteiger charge is -2.34. The number of piperidine rings is 1. The van der Waals surface area contributed by atoms with Gasteiger partial charge in [0, 0.05) is 53.6 Å². The number of guanidine groups is 1. The second-order valence-corrected chi connectivity index (χ2v) is 7.64. The molecule has 0 atom stereocenters. The number of ether oxygens (including phenoxy) is 2. The molecule has 3 rings (SSSR count). The Bertz CT molecular complexity index is 686. The molecule has 0 spiro atoms. The molecule has 0 bridgehead atoms. The fourth-order valence-corrected chi connectivity index (χ4v) is 3.99. The maximum atomic E-state index is 12.7. The van der Waals surface area contributed by atoms with Crippen molar-refractivity contribution in [2.24, 2.45) is 4.99 Å². The summed E-state index contributed by atoms with van der Waals surface area (Å²) >= 11 is 0. The summed E-state index contributed by atoms with van der Waals surface area (Å²) in [5, 5.41) is 3.26. The molecule has 1 aromatic rings. The van der Waals surface area contributed by atoms with Gasteiger partial charge in [-0.15, -0.1) is 0 Å². The summed E-state index contributed by atoms with van der Waals surface area (Å²) in [5.41, 5.74) is 2.61. The number of rotatable bonds is 7. The van der Waals surface area contributed by atoms with Crippen LogP contribution in [0.15, 0.2) is 29.3 Å². The van der Waals surface area contributed by atoms with E-state index in [0.29, 0.717) is 12.6 Å². The third-order valence-corrected chi connectivity index (χ3v) is 5.68. The first kappa shape index (κ1) is 21.6. The van der Waals surface area contributed by atoms with E-state index in [1.165, 1.54) is 11.1 Å². The third-order valence-electron chi connectivity index (χ3n) is 5.68. The number of nitrogens with zero attached hydrogens (tertiary/aromatic N) is 3. The van der Waals surface area contributed by atoms with Gasteiger partial charge in [-0.2, -0.15) is 0 Å². The van der Waals surface area contributed by atoms with E-state index >= 15 is 0 Å². The fraction of sp³-hybridized carbons (Fsp3) is 0.636. The minimum absolute atomic E-state index is 0.122. The van der Waals surface area contributed by atoms with Crippen LogP contribution in [0.3, 0.4) is 0 Å². The molecule has 2 aliphatic rings. The smallest absolute Gasteiger partial charge is 0.242 e. The Morgan fingerprint density at radius 2 is 1.90 bits per heavy atom. The summed E-state index contributed by atoms with van der Waals surface area (Å²) in [7, 11) is 3.49. The summed E-state index contributed by atoms with van der Waals surface area (Å²) < 4.78 is 11.0. The van der Waals surface area contributed by atoms with E-state index in [9.17, 15) is 4.79 Å². The van der Waals surface area contributed by atoms with Crippen LogP contribution in [-0.4, -0.2) is 81.3 Å². The minimum atomic E-state index is 0.122. The standard InChI is InChI=1S/C22H34N4O3/c1-23-22(25-12-9-20(10-13-25)29-15-5-14-28-2)24-16-21(27)26-11-8-18-6-3-4-7-19(18)17-26/h3-4,6-7,20H,5,8-17H2,1-2H3,(H,23,24). The Morgan fingerprint density at radius 3 is 2.62 bits per heavy atom. The second-order valence-electron chi connectivity index (χ2n) is 7.64. The van der Waals surface area contributed by atoms with Gasteiger partial charge in [0.2, 0.25) is 5.91 Å². The maximum absolute atomic E-state index is 12.7. The molecule has 1 aromatic carbocycles. The first-order valence-corrected chi connectivity index (χ1v) is 10.6. The fourth-order valence-electron chi connectivity index (χ4n) is 3.99. The van der Waals surface area contributed by atoms with Gasteiger partial charge in [0.15, 0.2) is 5.96 Å². The molecule has 160 valence electrons. The van der Waals surface area contributed by atoms with Crippen LogP contribution in [0.1, 0.15) is 30.4 Å². The van der Waals surface area contributed by atoms with Crippen molar-refractivity contribution in [2.45, 2.75) is 38.3 Å². The molecule has 0 aliphatic carbocycles. The molecule has 0 aromatic heterocycles. The zero-order valence-corrected chi connectivity index (χ0v) is 17.7. The maximum Gasteiger partial charge on any atom is 0.242 e. The van der Waals surface area contributed by atoms with Gasteiger partial charge in [-0.25, -0.2) is 0 Å². The number of fused-ring (bicyclic) bond motifs is 1. The average molecular weight is 403 g/mol. The lowest BCUT2D eigenvalue weighted by atomic mass is 10.00. The highest BCUT2D eigenvalue weighted by Crippen LogP contribution is 2.18. The van der Waals surface area contributed by atoms with Crippen molar-refractivity contribution >= 4 is 11.9 Å². The SMILES string of the molecule is CN=C(NCC(=O)N1CCc2ccccc2C1)N1CCC(OCCCOC)CC1. The largest absolute Gasteiger partial charge is 0.385 e. The van der Waals surface area contributed by atoms with E-state index in [2.05, 4.69) is 33.4 Å². The lowest BCUT2D eigenvalue weighted by Crippen LogP contribution is -2.50. The molecule has 7 heteroatoms. The third kappa shape index (κ3) is 6.18. The molecule has 0 saturated carbocycles. The molecular formula is C22H34N4O3. The van der Waals surface area contributed by atoms with Crippen LogP contribution >= 0.6 is 0 Å². The first-order valence-electron chi connectivity index (χ1n) is 10.6. The molecule has 29 heavy (non-hydrogen) atoms. The molecule has 7 nitrogen and oxygen atoms in total. The Balaban J connectivity index is 1.40. The predicted octanol–water partition coefficient (Wildman–Crippen LogP) is 1.66.